The molecule has 0 spiro atoms. The van der Waals surface area contributed by atoms with Crippen molar-refractivity contribution in [3.63, 3.8) is 0 Å². The molecule has 0 radical (unpaired) electrons. The van der Waals surface area contributed by atoms with E-state index < -0.39 is 0 Å². The van der Waals surface area contributed by atoms with Crippen LogP contribution in [0.2, 0.25) is 0 Å². The Balaban J connectivity index is 1.94. The summed E-state index contributed by atoms with van der Waals surface area (Å²) in [5, 5.41) is 12.4. The molecule has 110 valence electrons. The van der Waals surface area contributed by atoms with E-state index in [1.165, 1.54) is 11.4 Å². The van der Waals surface area contributed by atoms with Crippen molar-refractivity contribution in [1.82, 2.24) is 24.9 Å². The lowest BCUT2D eigenvalue weighted by Gasteiger charge is -2.12. The second-order valence-electron chi connectivity index (χ2n) is 5.46. The third-order valence-electron chi connectivity index (χ3n) is 3.27. The van der Waals surface area contributed by atoms with Crippen molar-refractivity contribution in [3.05, 3.63) is 35.4 Å². The monoisotopic (exact) mass is 275 g/mol. The first-order valence-corrected chi connectivity index (χ1v) is 7.38. The molecule has 5 heteroatoms. The van der Waals surface area contributed by atoms with Crippen molar-refractivity contribution in [1.29, 1.82) is 0 Å². The van der Waals surface area contributed by atoms with Gasteiger partial charge in [0.05, 0.1) is 17.1 Å². The van der Waals surface area contributed by atoms with Gasteiger partial charge >= 0.3 is 0 Å². The van der Waals surface area contributed by atoms with Gasteiger partial charge in [0, 0.05) is 31.9 Å². The van der Waals surface area contributed by atoms with Crippen molar-refractivity contribution < 1.29 is 0 Å². The molecule has 0 amide bonds. The third-order valence-corrected chi connectivity index (χ3v) is 3.27. The smallest absolute Gasteiger partial charge is 0.0597 e. The minimum atomic E-state index is 0.398. The van der Waals surface area contributed by atoms with Crippen LogP contribution in [0.25, 0.3) is 0 Å². The molecule has 0 fully saturated rings. The summed E-state index contributed by atoms with van der Waals surface area (Å²) in [7, 11) is 0. The van der Waals surface area contributed by atoms with Crippen molar-refractivity contribution >= 4 is 0 Å². The Hall–Kier alpha value is -1.62. The van der Waals surface area contributed by atoms with Crippen molar-refractivity contribution in [2.24, 2.45) is 0 Å². The Morgan fingerprint density at radius 3 is 2.70 bits per heavy atom. The van der Waals surface area contributed by atoms with E-state index in [-0.39, 0.29) is 0 Å². The predicted octanol–water partition coefficient (Wildman–Crippen LogP) is 2.67. The zero-order chi connectivity index (χ0) is 14.5. The minimum Gasteiger partial charge on any atom is -0.306 e. The van der Waals surface area contributed by atoms with Crippen molar-refractivity contribution in [2.75, 3.05) is 0 Å². The highest BCUT2D eigenvalue weighted by Gasteiger charge is 2.07. The Morgan fingerprint density at radius 1 is 1.25 bits per heavy atom. The van der Waals surface area contributed by atoms with Gasteiger partial charge in [-0.2, -0.15) is 10.2 Å². The van der Waals surface area contributed by atoms with Gasteiger partial charge in [0.1, 0.15) is 0 Å². The first-order chi connectivity index (χ1) is 9.61. The first kappa shape index (κ1) is 14.8. The summed E-state index contributed by atoms with van der Waals surface area (Å²) in [5.74, 6) is 0. The maximum atomic E-state index is 4.52. The summed E-state index contributed by atoms with van der Waals surface area (Å²) < 4.78 is 4.16. The normalized spacial score (nSPS) is 11.4. The molecule has 0 aliphatic rings. The Labute approximate surface area is 121 Å². The Morgan fingerprint density at radius 2 is 2.00 bits per heavy atom. The number of aromatic nitrogens is 4. The lowest BCUT2D eigenvalue weighted by molar-refractivity contribution is 0.489. The van der Waals surface area contributed by atoms with Gasteiger partial charge in [0.2, 0.25) is 0 Å². The van der Waals surface area contributed by atoms with Crippen LogP contribution in [0.5, 0.6) is 0 Å². The second kappa shape index (κ2) is 6.70. The molecule has 20 heavy (non-hydrogen) atoms. The fraction of sp³-hybridized carbons (Fsp3) is 0.600. The van der Waals surface area contributed by atoms with E-state index in [0.717, 1.165) is 31.7 Å². The summed E-state index contributed by atoms with van der Waals surface area (Å²) in [5.41, 5.74) is 3.56. The van der Waals surface area contributed by atoms with E-state index in [1.54, 1.807) is 0 Å². The van der Waals surface area contributed by atoms with Gasteiger partial charge < -0.3 is 5.32 Å². The van der Waals surface area contributed by atoms with Gasteiger partial charge in [-0.25, -0.2) is 0 Å². The van der Waals surface area contributed by atoms with Crippen LogP contribution in [-0.4, -0.2) is 19.6 Å². The number of hydrogen-bond donors (Lipinski definition) is 1. The third kappa shape index (κ3) is 3.48. The predicted molar refractivity (Wildman–Crippen MR) is 80.4 cm³/mol. The zero-order valence-electron chi connectivity index (χ0n) is 12.9. The van der Waals surface area contributed by atoms with Gasteiger partial charge in [0.15, 0.2) is 0 Å². The highest BCUT2D eigenvalue weighted by Crippen LogP contribution is 2.09. The molecule has 2 aromatic heterocycles. The van der Waals surface area contributed by atoms with Gasteiger partial charge in [-0.05, 0) is 39.3 Å². The van der Waals surface area contributed by atoms with Crippen LogP contribution in [-0.2, 0) is 19.6 Å². The maximum Gasteiger partial charge on any atom is 0.0597 e. The highest BCUT2D eigenvalue weighted by molar-refractivity contribution is 5.09. The fourth-order valence-electron chi connectivity index (χ4n) is 2.41. The lowest BCUT2D eigenvalue weighted by atomic mass is 10.3. The summed E-state index contributed by atoms with van der Waals surface area (Å²) in [4.78, 5) is 0. The zero-order valence-corrected chi connectivity index (χ0v) is 12.9. The van der Waals surface area contributed by atoms with Crippen LogP contribution in [0.1, 0.15) is 50.3 Å². The van der Waals surface area contributed by atoms with Crippen LogP contribution in [0, 0.1) is 6.92 Å². The molecule has 0 saturated heterocycles. The molecule has 2 rings (SSSR count). The molecule has 0 bridgehead atoms. The van der Waals surface area contributed by atoms with Crippen molar-refractivity contribution in [2.45, 2.75) is 59.8 Å². The van der Waals surface area contributed by atoms with Crippen LogP contribution in [0.3, 0.4) is 0 Å². The molecule has 2 heterocycles. The van der Waals surface area contributed by atoms with Gasteiger partial charge in [-0.1, -0.05) is 6.92 Å². The molecular weight excluding hydrogens is 250 g/mol. The summed E-state index contributed by atoms with van der Waals surface area (Å²) in [6, 6.07) is 4.62. The molecule has 1 N–H and O–H groups in total. The van der Waals surface area contributed by atoms with Crippen LogP contribution in [0.15, 0.2) is 18.3 Å². The number of hydrogen-bond acceptors (Lipinski definition) is 3. The van der Waals surface area contributed by atoms with Crippen LogP contribution < -0.4 is 5.32 Å². The topological polar surface area (TPSA) is 47.7 Å². The SMILES string of the molecule is CCCn1nc(C)cc1CNCc1ccnn1C(C)C. The van der Waals surface area contributed by atoms with E-state index in [2.05, 4.69) is 57.8 Å². The molecule has 0 aromatic carbocycles. The number of nitrogens with zero attached hydrogens (tertiary/aromatic N) is 4. The van der Waals surface area contributed by atoms with E-state index in [4.69, 9.17) is 0 Å². The Kier molecular flexibility index (Phi) is 4.95. The first-order valence-electron chi connectivity index (χ1n) is 7.38. The fourth-order valence-corrected chi connectivity index (χ4v) is 2.41. The number of aryl methyl sites for hydroxylation is 2. The summed E-state index contributed by atoms with van der Waals surface area (Å²) in [6.45, 7) is 11.2. The lowest BCUT2D eigenvalue weighted by Crippen LogP contribution is -2.19. The van der Waals surface area contributed by atoms with Crippen molar-refractivity contribution in [3.8, 4) is 0 Å². The van der Waals surface area contributed by atoms with Gasteiger partial charge in [-0.3, -0.25) is 9.36 Å². The van der Waals surface area contributed by atoms with Crippen LogP contribution in [0.4, 0.5) is 0 Å². The molecule has 2 aromatic rings. The minimum absolute atomic E-state index is 0.398. The average molecular weight is 275 g/mol. The van der Waals surface area contributed by atoms with Gasteiger partial charge in [0.25, 0.3) is 0 Å². The number of nitrogens with one attached hydrogen (secondary N) is 1. The second-order valence-corrected chi connectivity index (χ2v) is 5.46. The van der Waals surface area contributed by atoms with E-state index in [0.29, 0.717) is 6.04 Å². The van der Waals surface area contributed by atoms with Crippen LogP contribution >= 0.6 is 0 Å². The standard InChI is InChI=1S/C15H25N5/c1-5-8-19-15(9-13(4)18-19)11-16-10-14-6-7-17-20(14)12(2)3/h6-7,9,12,16H,5,8,10-11H2,1-4H3. The maximum absolute atomic E-state index is 4.52. The average Bonchev–Trinajstić information content (AvgIpc) is 2.97. The molecule has 0 saturated carbocycles. The molecule has 5 nitrogen and oxygen atoms in total. The quantitative estimate of drug-likeness (QED) is 0.845. The summed E-state index contributed by atoms with van der Waals surface area (Å²) >= 11 is 0. The Bertz CT molecular complexity index is 538. The molecular formula is C15H25N5. The van der Waals surface area contributed by atoms with E-state index in [9.17, 15) is 0 Å². The summed E-state index contributed by atoms with van der Waals surface area (Å²) in [6.07, 6.45) is 2.97. The number of rotatable bonds is 7. The molecule has 0 aliphatic heterocycles. The molecule has 0 unspecified atom stereocenters. The van der Waals surface area contributed by atoms with E-state index >= 15 is 0 Å². The van der Waals surface area contributed by atoms with E-state index in [1.807, 2.05) is 13.1 Å². The largest absolute Gasteiger partial charge is 0.306 e. The molecule has 0 atom stereocenters. The molecule has 0 aliphatic carbocycles. The highest BCUT2D eigenvalue weighted by atomic mass is 15.3. The van der Waals surface area contributed by atoms with Gasteiger partial charge in [-0.15, -0.1) is 0 Å².